The van der Waals surface area contributed by atoms with Crippen molar-refractivity contribution in [3.05, 3.63) is 0 Å². The van der Waals surface area contributed by atoms with Crippen molar-refractivity contribution in [1.29, 1.82) is 0 Å². The lowest BCUT2D eigenvalue weighted by atomic mass is 10.1. The summed E-state index contributed by atoms with van der Waals surface area (Å²) in [4.78, 5) is 35.3. The van der Waals surface area contributed by atoms with E-state index in [1.807, 2.05) is 0 Å². The number of hydrogen-bond acceptors (Lipinski definition) is 5. The molecule has 2 N–H and O–H groups in total. The van der Waals surface area contributed by atoms with Gasteiger partial charge in [0.25, 0.3) is 5.91 Å². The highest BCUT2D eigenvalue weighted by atomic mass is 16.5. The number of carboxylic acids is 1. The van der Waals surface area contributed by atoms with E-state index in [4.69, 9.17) is 9.84 Å². The maximum atomic E-state index is 12.2. The summed E-state index contributed by atoms with van der Waals surface area (Å²) in [6.45, 7) is 1.32. The van der Waals surface area contributed by atoms with Crippen LogP contribution in [0.4, 0.5) is 0 Å². The number of hydrazone groups is 1. The number of likely N-dealkylation sites (tertiary alicyclic amines) is 1. The van der Waals surface area contributed by atoms with Crippen molar-refractivity contribution in [2.45, 2.75) is 38.2 Å². The quantitative estimate of drug-likeness (QED) is 0.726. The van der Waals surface area contributed by atoms with Gasteiger partial charge < -0.3 is 14.7 Å². The smallest absolute Gasteiger partial charge is 0.305 e. The third kappa shape index (κ3) is 4.52. The molecular formula is C13H19N3O5. The predicted octanol–water partition coefficient (Wildman–Crippen LogP) is -0.265. The number of carboxylic acid groups (broad SMARTS) is 1. The van der Waals surface area contributed by atoms with E-state index in [1.165, 1.54) is 0 Å². The molecule has 2 aliphatic heterocycles. The van der Waals surface area contributed by atoms with E-state index in [2.05, 4.69) is 10.5 Å². The fourth-order valence-electron chi connectivity index (χ4n) is 2.35. The fourth-order valence-corrected chi connectivity index (χ4v) is 2.35. The van der Waals surface area contributed by atoms with Crippen LogP contribution in [0.25, 0.3) is 0 Å². The summed E-state index contributed by atoms with van der Waals surface area (Å²) >= 11 is 0. The molecule has 1 fully saturated rings. The summed E-state index contributed by atoms with van der Waals surface area (Å²) in [6.07, 6.45) is 2.03. The van der Waals surface area contributed by atoms with E-state index in [0.29, 0.717) is 44.5 Å². The maximum absolute atomic E-state index is 12.2. The van der Waals surface area contributed by atoms with Crippen molar-refractivity contribution < 1.29 is 24.2 Å². The van der Waals surface area contributed by atoms with Crippen molar-refractivity contribution in [1.82, 2.24) is 10.3 Å². The molecule has 0 aliphatic carbocycles. The average Bonchev–Trinajstić information content (AvgIpc) is 2.48. The molecule has 0 saturated carbocycles. The lowest BCUT2D eigenvalue weighted by molar-refractivity contribution is -0.139. The summed E-state index contributed by atoms with van der Waals surface area (Å²) in [5, 5.41) is 12.3. The van der Waals surface area contributed by atoms with Crippen LogP contribution < -0.4 is 5.43 Å². The highest BCUT2D eigenvalue weighted by Gasteiger charge is 2.27. The zero-order chi connectivity index (χ0) is 15.2. The number of hydrogen-bond donors (Lipinski definition) is 2. The van der Waals surface area contributed by atoms with Gasteiger partial charge in [0.1, 0.15) is 5.71 Å². The van der Waals surface area contributed by atoms with Crippen LogP contribution in [-0.4, -0.2) is 59.3 Å². The van der Waals surface area contributed by atoms with Crippen LogP contribution in [0.2, 0.25) is 0 Å². The number of piperidine rings is 1. The van der Waals surface area contributed by atoms with Crippen LogP contribution in [0.15, 0.2) is 5.10 Å². The van der Waals surface area contributed by atoms with Crippen molar-refractivity contribution in [2.24, 2.45) is 5.10 Å². The minimum absolute atomic E-state index is 0.00129. The molecule has 0 unspecified atom stereocenters. The first-order valence-corrected chi connectivity index (χ1v) is 7.04. The van der Waals surface area contributed by atoms with Gasteiger partial charge in [0.05, 0.1) is 19.1 Å². The van der Waals surface area contributed by atoms with E-state index < -0.39 is 5.97 Å². The van der Waals surface area contributed by atoms with Crippen molar-refractivity contribution >= 4 is 23.5 Å². The zero-order valence-electron chi connectivity index (χ0n) is 11.7. The second-order valence-electron chi connectivity index (χ2n) is 5.10. The van der Waals surface area contributed by atoms with E-state index >= 15 is 0 Å². The van der Waals surface area contributed by atoms with E-state index in [-0.39, 0.29) is 30.9 Å². The average molecular weight is 297 g/mol. The van der Waals surface area contributed by atoms with Crippen LogP contribution >= 0.6 is 0 Å². The molecule has 2 amide bonds. The SMILES string of the molecule is O=C(O)CCOC1CCN(C(=O)C2=NNC(=O)CC2)CC1. The third-order valence-corrected chi connectivity index (χ3v) is 3.55. The first-order chi connectivity index (χ1) is 10.1. The number of nitrogens with one attached hydrogen (secondary N) is 1. The summed E-state index contributed by atoms with van der Waals surface area (Å²) in [7, 11) is 0. The summed E-state index contributed by atoms with van der Waals surface area (Å²) in [6, 6.07) is 0. The molecule has 0 aromatic heterocycles. The summed E-state index contributed by atoms with van der Waals surface area (Å²) in [5.41, 5.74) is 2.71. The fraction of sp³-hybridized carbons (Fsp3) is 0.692. The molecule has 8 heteroatoms. The first-order valence-electron chi connectivity index (χ1n) is 7.04. The van der Waals surface area contributed by atoms with Gasteiger partial charge in [-0.3, -0.25) is 14.4 Å². The number of rotatable bonds is 5. The number of aliphatic carboxylic acids is 1. The van der Waals surface area contributed by atoms with Crippen molar-refractivity contribution in [3.63, 3.8) is 0 Å². The molecule has 8 nitrogen and oxygen atoms in total. The van der Waals surface area contributed by atoms with Gasteiger partial charge in [-0.25, -0.2) is 5.43 Å². The first kappa shape index (κ1) is 15.4. The molecule has 2 rings (SSSR count). The van der Waals surface area contributed by atoms with Gasteiger partial charge in [0, 0.05) is 25.9 Å². The highest BCUT2D eigenvalue weighted by molar-refractivity contribution is 6.39. The van der Waals surface area contributed by atoms with Crippen LogP contribution in [-0.2, 0) is 19.1 Å². The van der Waals surface area contributed by atoms with Gasteiger partial charge in [-0.15, -0.1) is 0 Å². The Morgan fingerprint density at radius 2 is 2.05 bits per heavy atom. The van der Waals surface area contributed by atoms with Gasteiger partial charge in [0.2, 0.25) is 5.91 Å². The minimum Gasteiger partial charge on any atom is -0.481 e. The Hall–Kier alpha value is -1.96. The van der Waals surface area contributed by atoms with E-state index in [0.717, 1.165) is 0 Å². The Labute approximate surface area is 122 Å². The molecule has 0 bridgehead atoms. The molecule has 2 heterocycles. The maximum Gasteiger partial charge on any atom is 0.305 e. The molecule has 2 aliphatic rings. The van der Waals surface area contributed by atoms with Crippen LogP contribution in [0, 0.1) is 0 Å². The van der Waals surface area contributed by atoms with Crippen molar-refractivity contribution in [3.8, 4) is 0 Å². The number of carbonyl (C=O) groups excluding carboxylic acids is 2. The van der Waals surface area contributed by atoms with Gasteiger partial charge in [-0.2, -0.15) is 5.10 Å². The third-order valence-electron chi connectivity index (χ3n) is 3.55. The van der Waals surface area contributed by atoms with Gasteiger partial charge in [0.15, 0.2) is 0 Å². The summed E-state index contributed by atoms with van der Waals surface area (Å²) < 4.78 is 5.48. The summed E-state index contributed by atoms with van der Waals surface area (Å²) in [5.74, 6) is -1.18. The standard InChI is InChI=1S/C13H19N3O5/c17-11-2-1-10(14-15-11)13(20)16-6-3-9(4-7-16)21-8-5-12(18)19/h9H,1-8H2,(H,15,17)(H,18,19). The Morgan fingerprint density at radius 1 is 1.33 bits per heavy atom. The van der Waals surface area contributed by atoms with E-state index in [9.17, 15) is 14.4 Å². The molecule has 21 heavy (non-hydrogen) atoms. The second kappa shape index (κ2) is 7.16. The number of amides is 2. The molecule has 0 radical (unpaired) electrons. The predicted molar refractivity (Wildman–Crippen MR) is 72.6 cm³/mol. The second-order valence-corrected chi connectivity index (χ2v) is 5.10. The Balaban J connectivity index is 1.74. The Morgan fingerprint density at radius 3 is 2.62 bits per heavy atom. The normalized spacial score (nSPS) is 19.9. The molecular weight excluding hydrogens is 278 g/mol. The largest absolute Gasteiger partial charge is 0.481 e. The highest BCUT2D eigenvalue weighted by Crippen LogP contribution is 2.15. The van der Waals surface area contributed by atoms with Crippen molar-refractivity contribution in [2.75, 3.05) is 19.7 Å². The molecule has 0 spiro atoms. The van der Waals surface area contributed by atoms with Gasteiger partial charge in [-0.05, 0) is 12.8 Å². The lowest BCUT2D eigenvalue weighted by Gasteiger charge is -2.32. The van der Waals surface area contributed by atoms with Crippen LogP contribution in [0.5, 0.6) is 0 Å². The molecule has 0 aromatic rings. The van der Waals surface area contributed by atoms with E-state index in [1.54, 1.807) is 4.90 Å². The van der Waals surface area contributed by atoms with Gasteiger partial charge >= 0.3 is 5.97 Å². The molecule has 0 atom stereocenters. The molecule has 0 aromatic carbocycles. The van der Waals surface area contributed by atoms with Crippen LogP contribution in [0.3, 0.4) is 0 Å². The topological polar surface area (TPSA) is 108 Å². The van der Waals surface area contributed by atoms with Crippen LogP contribution in [0.1, 0.15) is 32.1 Å². The minimum atomic E-state index is -0.875. The number of ether oxygens (including phenoxy) is 1. The Kier molecular flexibility index (Phi) is 5.26. The number of nitrogens with zero attached hydrogens (tertiary/aromatic N) is 2. The lowest BCUT2D eigenvalue weighted by Crippen LogP contribution is -2.45. The molecule has 116 valence electrons. The number of carbonyl (C=O) groups is 3. The monoisotopic (exact) mass is 297 g/mol. The molecule has 1 saturated heterocycles. The van der Waals surface area contributed by atoms with Gasteiger partial charge in [-0.1, -0.05) is 0 Å². The Bertz CT molecular complexity index is 455. The zero-order valence-corrected chi connectivity index (χ0v) is 11.7.